The molecule has 8 nitrogen and oxygen atoms in total. The van der Waals surface area contributed by atoms with Gasteiger partial charge in [0.05, 0.1) is 34.7 Å². The quantitative estimate of drug-likeness (QED) is 0.0889. The molecule has 276 valence electrons. The van der Waals surface area contributed by atoms with Crippen molar-refractivity contribution in [1.29, 1.82) is 0 Å². The van der Waals surface area contributed by atoms with Gasteiger partial charge in [-0.15, -0.1) is 0 Å². The molecule has 2 aliphatic heterocycles. The van der Waals surface area contributed by atoms with Gasteiger partial charge in [-0.05, 0) is 33.4 Å². The van der Waals surface area contributed by atoms with Crippen LogP contribution in [0.25, 0.3) is 0 Å². The van der Waals surface area contributed by atoms with E-state index in [1.165, 1.54) is 0 Å². The maximum Gasteiger partial charge on any atom is 0.239 e. The van der Waals surface area contributed by atoms with Crippen LogP contribution in [0.5, 0.6) is 0 Å². The standard InChI is InChI=1S/C46H42N4O4S/c51-43-41(49-45(33-19-7-1-8-20-33,34-21-9-2-10-22-34)35-23-11-3-12-24-35)39(47-43)31-55(53,54)32-40-42(44(52)48-40)50-46(36-25-13-4-14-26-36,37-27-15-5-16-28-37)38-29-17-6-18-30-38/h1-30,39-42,49-50H,31-32H2,(H,47,51)(H,48,52). The number of β-lactam (4-membered cyclic amide) rings is 2. The van der Waals surface area contributed by atoms with Crippen molar-refractivity contribution >= 4 is 21.7 Å². The molecule has 9 heteroatoms. The molecule has 6 aromatic rings. The Morgan fingerprint density at radius 2 is 0.618 bits per heavy atom. The first-order valence-electron chi connectivity index (χ1n) is 18.5. The van der Waals surface area contributed by atoms with Crippen molar-refractivity contribution in [3.8, 4) is 0 Å². The third kappa shape index (κ3) is 6.87. The smallest absolute Gasteiger partial charge is 0.239 e. The summed E-state index contributed by atoms with van der Waals surface area (Å²) in [4.78, 5) is 26.8. The summed E-state index contributed by atoms with van der Waals surface area (Å²) in [7, 11) is -3.82. The van der Waals surface area contributed by atoms with Crippen molar-refractivity contribution in [2.24, 2.45) is 0 Å². The Balaban J connectivity index is 1.08. The van der Waals surface area contributed by atoms with Crippen molar-refractivity contribution < 1.29 is 18.0 Å². The lowest BCUT2D eigenvalue weighted by molar-refractivity contribution is -0.132. The molecule has 2 fully saturated rings. The number of hydrogen-bond acceptors (Lipinski definition) is 6. The molecule has 2 aliphatic rings. The molecule has 6 aromatic carbocycles. The van der Waals surface area contributed by atoms with Crippen molar-refractivity contribution in [1.82, 2.24) is 21.3 Å². The first kappa shape index (κ1) is 36.1. The van der Waals surface area contributed by atoms with Gasteiger partial charge in [0.1, 0.15) is 12.1 Å². The number of carbonyl (C=O) groups excluding carboxylic acids is 2. The molecule has 0 spiro atoms. The number of hydrogen-bond donors (Lipinski definition) is 4. The summed E-state index contributed by atoms with van der Waals surface area (Å²) < 4.78 is 28.3. The third-order valence-electron chi connectivity index (χ3n) is 10.9. The lowest BCUT2D eigenvalue weighted by Gasteiger charge is -2.47. The largest absolute Gasteiger partial charge is 0.349 e. The second-order valence-electron chi connectivity index (χ2n) is 14.2. The number of rotatable bonds is 14. The summed E-state index contributed by atoms with van der Waals surface area (Å²) in [6.45, 7) is 0. The van der Waals surface area contributed by atoms with Crippen LogP contribution in [0.4, 0.5) is 0 Å². The lowest BCUT2D eigenvalue weighted by atomic mass is 9.75. The average molecular weight is 747 g/mol. The zero-order valence-corrected chi connectivity index (χ0v) is 30.9. The second-order valence-corrected chi connectivity index (χ2v) is 16.4. The van der Waals surface area contributed by atoms with Crippen LogP contribution in [-0.2, 0) is 30.5 Å². The van der Waals surface area contributed by atoms with Gasteiger partial charge >= 0.3 is 0 Å². The first-order chi connectivity index (χ1) is 26.8. The van der Waals surface area contributed by atoms with Gasteiger partial charge < -0.3 is 10.6 Å². The van der Waals surface area contributed by atoms with E-state index in [1.807, 2.05) is 182 Å². The zero-order valence-electron chi connectivity index (χ0n) is 30.1. The third-order valence-corrected chi connectivity index (χ3v) is 12.6. The van der Waals surface area contributed by atoms with Crippen molar-refractivity contribution in [3.05, 3.63) is 215 Å². The molecular formula is C46H42N4O4S. The molecule has 4 unspecified atom stereocenters. The van der Waals surface area contributed by atoms with Crippen LogP contribution in [0.3, 0.4) is 0 Å². The SMILES string of the molecule is O=C1NC(CS(=O)(=O)CC2NC(=O)C2NC(c2ccccc2)(c2ccccc2)c2ccccc2)C1NC(c1ccccc1)(c1ccccc1)c1ccccc1. The van der Waals surface area contributed by atoms with E-state index in [0.717, 1.165) is 33.4 Å². The maximum absolute atomic E-state index is 14.1. The first-order valence-corrected chi connectivity index (χ1v) is 20.3. The minimum atomic E-state index is -3.82. The number of carbonyl (C=O) groups is 2. The fourth-order valence-electron chi connectivity index (χ4n) is 8.20. The van der Waals surface area contributed by atoms with Gasteiger partial charge in [-0.3, -0.25) is 20.2 Å². The summed E-state index contributed by atoms with van der Waals surface area (Å²) in [5.41, 5.74) is 3.58. The van der Waals surface area contributed by atoms with E-state index in [4.69, 9.17) is 0 Å². The van der Waals surface area contributed by atoms with Gasteiger partial charge in [-0.2, -0.15) is 0 Å². The molecule has 8 rings (SSSR count). The van der Waals surface area contributed by atoms with E-state index < -0.39 is 45.1 Å². The van der Waals surface area contributed by atoms with Crippen LogP contribution in [0, 0.1) is 0 Å². The molecule has 0 aliphatic carbocycles. The number of amides is 2. The predicted octanol–water partition coefficient (Wildman–Crippen LogP) is 5.30. The van der Waals surface area contributed by atoms with Gasteiger partial charge in [0.2, 0.25) is 11.8 Å². The highest BCUT2D eigenvalue weighted by atomic mass is 32.2. The average Bonchev–Trinajstić information content (AvgIpc) is 3.23. The Morgan fingerprint density at radius 1 is 0.400 bits per heavy atom. The van der Waals surface area contributed by atoms with Gasteiger partial charge in [0.25, 0.3) is 0 Å². The maximum atomic E-state index is 14.1. The van der Waals surface area contributed by atoms with E-state index in [9.17, 15) is 18.0 Å². The van der Waals surface area contributed by atoms with Crippen molar-refractivity contribution in [3.63, 3.8) is 0 Å². The Hall–Kier alpha value is -5.87. The van der Waals surface area contributed by atoms with Gasteiger partial charge in [-0.25, -0.2) is 8.42 Å². The van der Waals surface area contributed by atoms with E-state index in [2.05, 4.69) is 21.3 Å². The summed E-state index contributed by atoms with van der Waals surface area (Å²) >= 11 is 0. The van der Waals surface area contributed by atoms with Crippen LogP contribution in [0.15, 0.2) is 182 Å². The van der Waals surface area contributed by atoms with E-state index >= 15 is 0 Å². The van der Waals surface area contributed by atoms with Crippen LogP contribution < -0.4 is 21.3 Å². The van der Waals surface area contributed by atoms with E-state index in [0.29, 0.717) is 0 Å². The van der Waals surface area contributed by atoms with Crippen LogP contribution in [-0.4, -0.2) is 55.9 Å². The Kier molecular flexibility index (Phi) is 9.92. The normalized spacial score (nSPS) is 19.7. The molecule has 2 amide bonds. The molecule has 0 bridgehead atoms. The molecule has 0 aromatic heterocycles. The fraction of sp³-hybridized carbons (Fsp3) is 0.174. The molecule has 2 heterocycles. The molecule has 4 N–H and O–H groups in total. The van der Waals surface area contributed by atoms with Crippen LogP contribution in [0.2, 0.25) is 0 Å². The molecule has 0 radical (unpaired) electrons. The monoisotopic (exact) mass is 746 g/mol. The Bertz CT molecular complexity index is 1990. The molecule has 0 saturated carbocycles. The molecule has 2 saturated heterocycles. The number of sulfone groups is 1. The fourth-order valence-corrected chi connectivity index (χ4v) is 9.99. The highest BCUT2D eigenvalue weighted by Gasteiger charge is 2.51. The minimum Gasteiger partial charge on any atom is -0.349 e. The summed E-state index contributed by atoms with van der Waals surface area (Å²) in [5.74, 6) is -1.15. The molecule has 4 atom stereocenters. The number of benzene rings is 6. The summed E-state index contributed by atoms with van der Waals surface area (Å²) in [6, 6.07) is 56.3. The highest BCUT2D eigenvalue weighted by Crippen LogP contribution is 2.40. The van der Waals surface area contributed by atoms with Crippen molar-refractivity contribution in [2.75, 3.05) is 11.5 Å². The minimum absolute atomic E-state index is 0.276. The Morgan fingerprint density at radius 3 is 0.818 bits per heavy atom. The second kappa shape index (κ2) is 15.1. The topological polar surface area (TPSA) is 116 Å². The zero-order chi connectivity index (χ0) is 37.9. The summed E-state index contributed by atoms with van der Waals surface area (Å²) in [6.07, 6.45) is 0. The predicted molar refractivity (Wildman–Crippen MR) is 215 cm³/mol. The van der Waals surface area contributed by atoms with Gasteiger partial charge in [0, 0.05) is 0 Å². The van der Waals surface area contributed by atoms with E-state index in [1.54, 1.807) is 0 Å². The molecular weight excluding hydrogens is 705 g/mol. The Labute approximate surface area is 322 Å². The van der Waals surface area contributed by atoms with E-state index in [-0.39, 0.29) is 23.3 Å². The number of nitrogens with one attached hydrogen (secondary N) is 4. The lowest BCUT2D eigenvalue weighted by Crippen LogP contribution is -2.75. The van der Waals surface area contributed by atoms with Crippen molar-refractivity contribution in [2.45, 2.75) is 35.2 Å². The molecule has 55 heavy (non-hydrogen) atoms. The van der Waals surface area contributed by atoms with Crippen LogP contribution >= 0.6 is 0 Å². The van der Waals surface area contributed by atoms with Gasteiger partial charge in [-0.1, -0.05) is 182 Å². The highest BCUT2D eigenvalue weighted by molar-refractivity contribution is 7.91. The van der Waals surface area contributed by atoms with Crippen LogP contribution in [0.1, 0.15) is 33.4 Å². The van der Waals surface area contributed by atoms with Gasteiger partial charge in [0.15, 0.2) is 9.84 Å². The summed E-state index contributed by atoms with van der Waals surface area (Å²) in [5, 5.41) is 13.1.